The Kier molecular flexibility index (Phi) is 3.78. The number of fused-ring (bicyclic) bond motifs is 1. The van der Waals surface area contributed by atoms with E-state index in [0.29, 0.717) is 19.4 Å². The zero-order valence-corrected chi connectivity index (χ0v) is 13.1. The first-order valence-electron chi connectivity index (χ1n) is 7.64. The molecule has 1 heterocycles. The summed E-state index contributed by atoms with van der Waals surface area (Å²) in [7, 11) is -3.37. The SMILES string of the molecule is CC(C(=O)N1CCc2ccccc21)S(=O)(=O)C1CCCC1. The van der Waals surface area contributed by atoms with Crippen LogP contribution in [0.5, 0.6) is 0 Å². The summed E-state index contributed by atoms with van der Waals surface area (Å²) in [6, 6.07) is 7.74. The van der Waals surface area contributed by atoms with Crippen molar-refractivity contribution >= 4 is 21.4 Å². The lowest BCUT2D eigenvalue weighted by Gasteiger charge is -2.23. The van der Waals surface area contributed by atoms with Crippen LogP contribution in [-0.4, -0.2) is 31.4 Å². The predicted molar refractivity (Wildman–Crippen MR) is 83.1 cm³/mol. The number of carbonyl (C=O) groups is 1. The Morgan fingerprint density at radius 3 is 2.62 bits per heavy atom. The van der Waals surface area contributed by atoms with Gasteiger partial charge < -0.3 is 4.90 Å². The van der Waals surface area contributed by atoms with Gasteiger partial charge in [0.05, 0.1) is 5.25 Å². The van der Waals surface area contributed by atoms with Crippen LogP contribution in [0.15, 0.2) is 24.3 Å². The summed E-state index contributed by atoms with van der Waals surface area (Å²) >= 11 is 0. The number of carbonyl (C=O) groups excluding carboxylic acids is 1. The molecular formula is C16H21NO3S. The van der Waals surface area contributed by atoms with Gasteiger partial charge in [0, 0.05) is 12.2 Å². The highest BCUT2D eigenvalue weighted by atomic mass is 32.2. The first kappa shape index (κ1) is 14.6. The van der Waals surface area contributed by atoms with Crippen LogP contribution in [0.4, 0.5) is 5.69 Å². The molecule has 1 saturated carbocycles. The highest BCUT2D eigenvalue weighted by Gasteiger charge is 2.40. The molecule has 1 fully saturated rings. The van der Waals surface area contributed by atoms with Crippen LogP contribution in [0.2, 0.25) is 0 Å². The summed E-state index contributed by atoms with van der Waals surface area (Å²) in [4.78, 5) is 14.3. The molecule has 1 aliphatic carbocycles. The van der Waals surface area contributed by atoms with Gasteiger partial charge in [-0.05, 0) is 37.8 Å². The van der Waals surface area contributed by atoms with E-state index in [4.69, 9.17) is 0 Å². The summed E-state index contributed by atoms with van der Waals surface area (Å²) in [6.07, 6.45) is 4.12. The van der Waals surface area contributed by atoms with Gasteiger partial charge in [0.25, 0.3) is 0 Å². The summed E-state index contributed by atoms with van der Waals surface area (Å²) in [5, 5.41) is -1.26. The van der Waals surface area contributed by atoms with E-state index < -0.39 is 15.1 Å². The molecule has 0 bridgehead atoms. The fourth-order valence-electron chi connectivity index (χ4n) is 3.43. The van der Waals surface area contributed by atoms with E-state index in [1.807, 2.05) is 24.3 Å². The zero-order chi connectivity index (χ0) is 15.0. The average molecular weight is 307 g/mol. The predicted octanol–water partition coefficient (Wildman–Crippen LogP) is 2.32. The van der Waals surface area contributed by atoms with Crippen molar-refractivity contribution in [3.8, 4) is 0 Å². The van der Waals surface area contributed by atoms with Crippen molar-refractivity contribution in [1.82, 2.24) is 0 Å². The van der Waals surface area contributed by atoms with Crippen molar-refractivity contribution < 1.29 is 13.2 Å². The largest absolute Gasteiger partial charge is 0.311 e. The topological polar surface area (TPSA) is 54.5 Å². The average Bonchev–Trinajstić information content (AvgIpc) is 3.15. The van der Waals surface area contributed by atoms with E-state index in [1.54, 1.807) is 11.8 Å². The van der Waals surface area contributed by atoms with E-state index in [0.717, 1.165) is 30.5 Å². The van der Waals surface area contributed by atoms with Crippen LogP contribution in [0.25, 0.3) is 0 Å². The first-order valence-corrected chi connectivity index (χ1v) is 9.25. The number of nitrogens with zero attached hydrogens (tertiary/aromatic N) is 1. The Balaban J connectivity index is 1.83. The molecule has 0 spiro atoms. The Morgan fingerprint density at radius 1 is 1.24 bits per heavy atom. The molecule has 1 amide bonds. The molecule has 114 valence electrons. The van der Waals surface area contributed by atoms with Gasteiger partial charge in [-0.25, -0.2) is 8.42 Å². The third-order valence-electron chi connectivity index (χ3n) is 4.76. The standard InChI is InChI=1S/C16H21NO3S/c1-12(21(19,20)14-7-3-4-8-14)16(18)17-11-10-13-6-2-5-9-15(13)17/h2,5-6,9,12,14H,3-4,7-8,10-11H2,1H3. The fourth-order valence-corrected chi connectivity index (χ4v) is 5.41. The number of anilines is 1. The van der Waals surface area contributed by atoms with Gasteiger partial charge in [0.1, 0.15) is 5.25 Å². The second kappa shape index (κ2) is 5.44. The number of amides is 1. The van der Waals surface area contributed by atoms with Crippen molar-refractivity contribution in [2.45, 2.75) is 49.5 Å². The van der Waals surface area contributed by atoms with E-state index in [9.17, 15) is 13.2 Å². The van der Waals surface area contributed by atoms with Crippen molar-refractivity contribution in [2.75, 3.05) is 11.4 Å². The monoisotopic (exact) mass is 307 g/mol. The Bertz CT molecular complexity index is 647. The molecule has 4 nitrogen and oxygen atoms in total. The van der Waals surface area contributed by atoms with Crippen LogP contribution >= 0.6 is 0 Å². The van der Waals surface area contributed by atoms with Crippen molar-refractivity contribution in [3.05, 3.63) is 29.8 Å². The lowest BCUT2D eigenvalue weighted by Crippen LogP contribution is -2.43. The van der Waals surface area contributed by atoms with Crippen molar-refractivity contribution in [2.24, 2.45) is 0 Å². The van der Waals surface area contributed by atoms with Crippen LogP contribution in [0.1, 0.15) is 38.2 Å². The maximum Gasteiger partial charge on any atom is 0.245 e. The second-order valence-electron chi connectivity index (χ2n) is 6.01. The molecule has 0 N–H and O–H groups in total. The van der Waals surface area contributed by atoms with Crippen LogP contribution in [0.3, 0.4) is 0 Å². The molecular weight excluding hydrogens is 286 g/mol. The molecule has 0 saturated heterocycles. The van der Waals surface area contributed by atoms with Gasteiger partial charge in [-0.2, -0.15) is 0 Å². The summed E-state index contributed by atoms with van der Waals surface area (Å²) in [6.45, 7) is 2.14. The third kappa shape index (κ3) is 2.48. The molecule has 21 heavy (non-hydrogen) atoms. The summed E-state index contributed by atoms with van der Waals surface area (Å²) in [5.74, 6) is -0.271. The minimum Gasteiger partial charge on any atom is -0.311 e. The van der Waals surface area contributed by atoms with Crippen LogP contribution < -0.4 is 4.90 Å². The van der Waals surface area contributed by atoms with E-state index in [1.165, 1.54) is 0 Å². The highest BCUT2D eigenvalue weighted by molar-refractivity contribution is 7.93. The minimum absolute atomic E-state index is 0.271. The van der Waals surface area contributed by atoms with E-state index in [2.05, 4.69) is 0 Å². The van der Waals surface area contributed by atoms with Gasteiger partial charge in [-0.3, -0.25) is 4.79 Å². The highest BCUT2D eigenvalue weighted by Crippen LogP contribution is 2.31. The molecule has 1 atom stereocenters. The number of para-hydroxylation sites is 1. The Morgan fingerprint density at radius 2 is 1.90 bits per heavy atom. The zero-order valence-electron chi connectivity index (χ0n) is 12.3. The van der Waals surface area contributed by atoms with Crippen LogP contribution in [-0.2, 0) is 21.1 Å². The molecule has 0 aromatic heterocycles. The Labute approximate surface area is 126 Å². The molecule has 1 unspecified atom stereocenters. The molecule has 3 rings (SSSR count). The molecule has 2 aliphatic rings. The van der Waals surface area contributed by atoms with Gasteiger partial charge >= 0.3 is 0 Å². The molecule has 1 aromatic carbocycles. The number of hydrogen-bond acceptors (Lipinski definition) is 3. The number of sulfone groups is 1. The van der Waals surface area contributed by atoms with Crippen molar-refractivity contribution in [3.63, 3.8) is 0 Å². The lowest BCUT2D eigenvalue weighted by molar-refractivity contribution is -0.117. The minimum atomic E-state index is -3.37. The summed E-state index contributed by atoms with van der Waals surface area (Å²) < 4.78 is 25.2. The normalized spacial score (nSPS) is 20.5. The third-order valence-corrected chi connectivity index (χ3v) is 7.35. The number of rotatable bonds is 3. The maximum atomic E-state index is 12.7. The quantitative estimate of drug-likeness (QED) is 0.861. The number of benzene rings is 1. The van der Waals surface area contributed by atoms with Gasteiger partial charge in [0.15, 0.2) is 9.84 Å². The lowest BCUT2D eigenvalue weighted by atomic mass is 10.2. The maximum absolute atomic E-state index is 12.7. The van der Waals surface area contributed by atoms with Gasteiger partial charge in [0.2, 0.25) is 5.91 Å². The molecule has 5 heteroatoms. The van der Waals surface area contributed by atoms with Crippen molar-refractivity contribution in [1.29, 1.82) is 0 Å². The Hall–Kier alpha value is -1.36. The number of hydrogen-bond donors (Lipinski definition) is 0. The van der Waals surface area contributed by atoms with E-state index >= 15 is 0 Å². The van der Waals surface area contributed by atoms with E-state index in [-0.39, 0.29) is 11.2 Å². The van der Waals surface area contributed by atoms with Gasteiger partial charge in [-0.15, -0.1) is 0 Å². The second-order valence-corrected chi connectivity index (χ2v) is 8.56. The molecule has 0 radical (unpaired) electrons. The van der Waals surface area contributed by atoms with Crippen LogP contribution in [0, 0.1) is 0 Å². The fraction of sp³-hybridized carbons (Fsp3) is 0.562. The summed E-state index contributed by atoms with van der Waals surface area (Å²) in [5.41, 5.74) is 1.99. The molecule has 1 aliphatic heterocycles. The first-order chi connectivity index (χ1) is 10.0. The smallest absolute Gasteiger partial charge is 0.245 e. The molecule has 1 aromatic rings. The van der Waals surface area contributed by atoms with Gasteiger partial charge in [-0.1, -0.05) is 31.0 Å².